The molecule has 3 aromatic rings. The molecule has 3 rings (SSSR count). The van der Waals surface area contributed by atoms with E-state index in [1.165, 1.54) is 23.8 Å². The first kappa shape index (κ1) is 19.5. The molecule has 0 atom stereocenters. The number of hydrogen-bond donors (Lipinski definition) is 1. The maximum Gasteiger partial charge on any atom is 0.513 e. The summed E-state index contributed by atoms with van der Waals surface area (Å²) < 4.78 is 28.4. The number of aryl methyl sites for hydroxylation is 2. The van der Waals surface area contributed by atoms with Crippen LogP contribution in [0.2, 0.25) is 0 Å². The van der Waals surface area contributed by atoms with E-state index < -0.39 is 6.16 Å². The maximum atomic E-state index is 12.9. The molecule has 0 spiro atoms. The summed E-state index contributed by atoms with van der Waals surface area (Å²) in [6.07, 6.45) is 1.76. The standard InChI is InChI=1S/C22H21FO5/c23-18-8-4-17(5-9-18)14-15-26-19-10-6-16(7-11-19)2-1-3-20-12-13-21(27-20)28-22(24)25/h4-13H,1-3,14-15H2,(H,24,25). The van der Waals surface area contributed by atoms with Crippen LogP contribution in [0.3, 0.4) is 0 Å². The van der Waals surface area contributed by atoms with Crippen molar-refractivity contribution in [3.63, 3.8) is 0 Å². The smallest absolute Gasteiger partial charge is 0.493 e. The van der Waals surface area contributed by atoms with Crippen LogP contribution >= 0.6 is 0 Å². The van der Waals surface area contributed by atoms with Crippen molar-refractivity contribution >= 4 is 6.16 Å². The Morgan fingerprint density at radius 2 is 1.57 bits per heavy atom. The van der Waals surface area contributed by atoms with Gasteiger partial charge < -0.3 is 19.0 Å². The average molecular weight is 384 g/mol. The van der Waals surface area contributed by atoms with Crippen LogP contribution in [-0.2, 0) is 19.3 Å². The SMILES string of the molecule is O=C(O)Oc1ccc(CCCc2ccc(OCCc3ccc(F)cc3)cc2)o1. The van der Waals surface area contributed by atoms with Crippen LogP contribution in [0.25, 0.3) is 0 Å². The molecule has 5 nitrogen and oxygen atoms in total. The third-order valence-corrected chi connectivity index (χ3v) is 4.21. The topological polar surface area (TPSA) is 68.9 Å². The Hall–Kier alpha value is -3.28. The minimum Gasteiger partial charge on any atom is -0.493 e. The van der Waals surface area contributed by atoms with Gasteiger partial charge in [0.15, 0.2) is 0 Å². The van der Waals surface area contributed by atoms with E-state index in [2.05, 4.69) is 4.74 Å². The second-order valence-corrected chi connectivity index (χ2v) is 6.31. The summed E-state index contributed by atoms with van der Waals surface area (Å²) in [6, 6.07) is 17.6. The molecule has 0 saturated heterocycles. The van der Waals surface area contributed by atoms with Crippen LogP contribution in [0.1, 0.15) is 23.3 Å². The molecule has 6 heteroatoms. The minimum absolute atomic E-state index is 0.00959. The van der Waals surface area contributed by atoms with Gasteiger partial charge in [-0.15, -0.1) is 0 Å². The summed E-state index contributed by atoms with van der Waals surface area (Å²) in [5.41, 5.74) is 2.22. The summed E-state index contributed by atoms with van der Waals surface area (Å²) in [6.45, 7) is 0.532. The second-order valence-electron chi connectivity index (χ2n) is 6.31. The number of halogens is 1. The van der Waals surface area contributed by atoms with Crippen LogP contribution in [0.15, 0.2) is 65.1 Å². The van der Waals surface area contributed by atoms with Crippen molar-refractivity contribution < 1.29 is 28.2 Å². The average Bonchev–Trinajstić information content (AvgIpc) is 3.11. The molecule has 0 amide bonds. The van der Waals surface area contributed by atoms with Gasteiger partial charge in [0.05, 0.1) is 6.61 Å². The van der Waals surface area contributed by atoms with E-state index in [9.17, 15) is 9.18 Å². The van der Waals surface area contributed by atoms with E-state index in [1.54, 1.807) is 18.2 Å². The van der Waals surface area contributed by atoms with Crippen LogP contribution in [0.4, 0.5) is 9.18 Å². The molecule has 0 bridgehead atoms. The Balaban J connectivity index is 1.38. The van der Waals surface area contributed by atoms with E-state index in [4.69, 9.17) is 14.3 Å². The number of furan rings is 1. The fourth-order valence-electron chi connectivity index (χ4n) is 2.79. The van der Waals surface area contributed by atoms with Crippen LogP contribution in [0, 0.1) is 5.82 Å². The minimum atomic E-state index is -1.39. The molecule has 2 aromatic carbocycles. The lowest BCUT2D eigenvalue weighted by atomic mass is 10.1. The predicted molar refractivity (Wildman–Crippen MR) is 101 cm³/mol. The summed E-state index contributed by atoms with van der Waals surface area (Å²) in [5.74, 6) is 1.25. The summed E-state index contributed by atoms with van der Waals surface area (Å²) in [7, 11) is 0. The zero-order valence-corrected chi connectivity index (χ0v) is 15.3. The quantitative estimate of drug-likeness (QED) is 0.509. The second kappa shape index (κ2) is 9.60. The van der Waals surface area contributed by atoms with E-state index in [0.29, 0.717) is 18.8 Å². The zero-order chi connectivity index (χ0) is 19.8. The summed E-state index contributed by atoms with van der Waals surface area (Å²) >= 11 is 0. The van der Waals surface area contributed by atoms with Gasteiger partial charge in [0.25, 0.3) is 5.95 Å². The monoisotopic (exact) mass is 384 g/mol. The molecule has 0 unspecified atom stereocenters. The fourth-order valence-corrected chi connectivity index (χ4v) is 2.79. The lowest BCUT2D eigenvalue weighted by molar-refractivity contribution is 0.132. The first-order valence-electron chi connectivity index (χ1n) is 9.04. The first-order chi connectivity index (χ1) is 13.6. The van der Waals surface area contributed by atoms with Crippen molar-refractivity contribution in [2.45, 2.75) is 25.7 Å². The number of benzene rings is 2. The highest BCUT2D eigenvalue weighted by molar-refractivity contribution is 5.59. The molecule has 0 aliphatic carbocycles. The molecule has 0 aliphatic rings. The largest absolute Gasteiger partial charge is 0.513 e. The van der Waals surface area contributed by atoms with E-state index >= 15 is 0 Å². The first-order valence-corrected chi connectivity index (χ1v) is 9.04. The molecule has 28 heavy (non-hydrogen) atoms. The Morgan fingerprint density at radius 3 is 2.29 bits per heavy atom. The number of hydrogen-bond acceptors (Lipinski definition) is 4. The molecule has 1 N–H and O–H groups in total. The van der Waals surface area contributed by atoms with Gasteiger partial charge in [-0.3, -0.25) is 0 Å². The zero-order valence-electron chi connectivity index (χ0n) is 15.3. The molecule has 0 fully saturated rings. The van der Waals surface area contributed by atoms with Gasteiger partial charge in [0, 0.05) is 18.9 Å². The van der Waals surface area contributed by atoms with Crippen molar-refractivity contribution in [1.82, 2.24) is 0 Å². The van der Waals surface area contributed by atoms with Crippen molar-refractivity contribution in [3.8, 4) is 11.7 Å². The Bertz CT molecular complexity index is 884. The summed E-state index contributed by atoms with van der Waals surface area (Å²) in [4.78, 5) is 10.4. The number of carbonyl (C=O) groups is 1. The molecule has 1 heterocycles. The number of carboxylic acid groups (broad SMARTS) is 1. The molecule has 0 saturated carbocycles. The molecule has 0 aliphatic heterocycles. The number of ether oxygens (including phenoxy) is 2. The maximum absolute atomic E-state index is 12.9. The van der Waals surface area contributed by atoms with Gasteiger partial charge in [0.1, 0.15) is 17.3 Å². The predicted octanol–water partition coefficient (Wildman–Crippen LogP) is 5.27. The van der Waals surface area contributed by atoms with E-state index in [1.807, 2.05) is 24.3 Å². The third-order valence-electron chi connectivity index (χ3n) is 4.21. The van der Waals surface area contributed by atoms with Gasteiger partial charge >= 0.3 is 6.16 Å². The molecule has 146 valence electrons. The van der Waals surface area contributed by atoms with Crippen LogP contribution < -0.4 is 9.47 Å². The lowest BCUT2D eigenvalue weighted by Crippen LogP contribution is -2.01. The normalized spacial score (nSPS) is 10.6. The Labute approximate surface area is 162 Å². The summed E-state index contributed by atoms with van der Waals surface area (Å²) in [5, 5.41) is 8.54. The van der Waals surface area contributed by atoms with E-state index in [0.717, 1.165) is 30.6 Å². The molecule has 0 radical (unpaired) electrons. The van der Waals surface area contributed by atoms with Crippen molar-refractivity contribution in [3.05, 3.63) is 83.4 Å². The van der Waals surface area contributed by atoms with Gasteiger partial charge in [-0.1, -0.05) is 24.3 Å². The highest BCUT2D eigenvalue weighted by Gasteiger charge is 2.07. The Kier molecular flexibility index (Phi) is 6.68. The highest BCUT2D eigenvalue weighted by atomic mass is 19.1. The fraction of sp³-hybridized carbons (Fsp3) is 0.227. The van der Waals surface area contributed by atoms with Gasteiger partial charge in [0.2, 0.25) is 0 Å². The Morgan fingerprint density at radius 1 is 0.893 bits per heavy atom. The van der Waals surface area contributed by atoms with Gasteiger partial charge in [-0.25, -0.2) is 9.18 Å². The number of rotatable bonds is 9. The van der Waals surface area contributed by atoms with Crippen LogP contribution in [0.5, 0.6) is 11.7 Å². The third kappa shape index (κ3) is 6.16. The molecule has 1 aromatic heterocycles. The van der Waals surface area contributed by atoms with Crippen molar-refractivity contribution in [2.75, 3.05) is 6.61 Å². The van der Waals surface area contributed by atoms with Gasteiger partial charge in [-0.2, -0.15) is 0 Å². The van der Waals surface area contributed by atoms with Crippen molar-refractivity contribution in [2.24, 2.45) is 0 Å². The van der Waals surface area contributed by atoms with Gasteiger partial charge in [-0.05, 0) is 54.3 Å². The van der Waals surface area contributed by atoms with E-state index in [-0.39, 0.29) is 11.8 Å². The lowest BCUT2D eigenvalue weighted by Gasteiger charge is -2.07. The molecular weight excluding hydrogens is 363 g/mol. The highest BCUT2D eigenvalue weighted by Crippen LogP contribution is 2.19. The van der Waals surface area contributed by atoms with Crippen molar-refractivity contribution in [1.29, 1.82) is 0 Å². The van der Waals surface area contributed by atoms with Crippen LogP contribution in [-0.4, -0.2) is 17.9 Å². The molecular formula is C22H21FO5.